The second kappa shape index (κ2) is 10.8. The Balaban J connectivity index is 0.00000126. The van der Waals surface area contributed by atoms with Gasteiger partial charge < -0.3 is 5.32 Å². The maximum atomic E-state index is 4.94. The molecule has 0 radical (unpaired) electrons. The van der Waals surface area contributed by atoms with Gasteiger partial charge in [-0.05, 0) is 28.8 Å². The lowest BCUT2D eigenvalue weighted by molar-refractivity contribution is 0.695. The van der Waals surface area contributed by atoms with E-state index in [2.05, 4.69) is 61.7 Å². The third-order valence-electron chi connectivity index (χ3n) is 5.12. The zero-order valence-corrected chi connectivity index (χ0v) is 21.0. The Labute approximate surface area is 202 Å². The van der Waals surface area contributed by atoms with E-state index < -0.39 is 0 Å². The molecule has 5 aromatic rings. The van der Waals surface area contributed by atoms with E-state index in [1.165, 1.54) is 16.0 Å². The fourth-order valence-corrected chi connectivity index (χ4v) is 5.01. The van der Waals surface area contributed by atoms with E-state index in [0.29, 0.717) is 0 Å². The molecule has 0 atom stereocenters. The minimum atomic E-state index is 0.793. The molecule has 0 amide bonds. The first-order valence-corrected chi connectivity index (χ1v) is 13.1. The molecule has 0 aliphatic carbocycles. The highest BCUT2D eigenvalue weighted by atomic mass is 32.2. The number of aryl methyl sites for hydroxylation is 1. The van der Waals surface area contributed by atoms with Crippen LogP contribution in [0.3, 0.4) is 0 Å². The average molecular weight is 477 g/mol. The predicted molar refractivity (Wildman–Crippen MR) is 139 cm³/mol. The van der Waals surface area contributed by atoms with Crippen LogP contribution in [0.15, 0.2) is 71.6 Å². The lowest BCUT2D eigenvalue weighted by Crippen LogP contribution is -2.12. The number of aromatic nitrogens is 5. The van der Waals surface area contributed by atoms with E-state index in [9.17, 15) is 0 Å². The SMILES string of the molecule is CC.CSc1nc(-c2sccc2CNCc2ccccc2)cn2c(-c3cnn(C)c3)cnc12. The van der Waals surface area contributed by atoms with E-state index >= 15 is 0 Å². The summed E-state index contributed by atoms with van der Waals surface area (Å²) in [4.78, 5) is 10.8. The summed E-state index contributed by atoms with van der Waals surface area (Å²) < 4.78 is 3.94. The number of hydrogen-bond acceptors (Lipinski definition) is 6. The molecule has 6 nitrogen and oxygen atoms in total. The van der Waals surface area contributed by atoms with Gasteiger partial charge >= 0.3 is 0 Å². The Morgan fingerprint density at radius 3 is 2.58 bits per heavy atom. The highest BCUT2D eigenvalue weighted by Gasteiger charge is 2.16. The van der Waals surface area contributed by atoms with Crippen molar-refractivity contribution < 1.29 is 0 Å². The lowest BCUT2D eigenvalue weighted by atomic mass is 10.2. The minimum Gasteiger partial charge on any atom is -0.309 e. The maximum Gasteiger partial charge on any atom is 0.170 e. The first-order valence-electron chi connectivity index (χ1n) is 11.0. The monoisotopic (exact) mass is 476 g/mol. The molecule has 33 heavy (non-hydrogen) atoms. The van der Waals surface area contributed by atoms with Gasteiger partial charge in [-0.2, -0.15) is 5.10 Å². The number of nitrogens with one attached hydrogen (secondary N) is 1. The first-order chi connectivity index (χ1) is 16.2. The van der Waals surface area contributed by atoms with Gasteiger partial charge in [-0.25, -0.2) is 9.97 Å². The number of imidazole rings is 1. The molecule has 0 aliphatic heterocycles. The third-order valence-corrected chi connectivity index (χ3v) is 6.76. The van der Waals surface area contributed by atoms with Crippen LogP contribution in [-0.2, 0) is 20.1 Å². The van der Waals surface area contributed by atoms with Crippen molar-refractivity contribution in [3.8, 4) is 21.8 Å². The van der Waals surface area contributed by atoms with Crippen LogP contribution in [0.2, 0.25) is 0 Å². The van der Waals surface area contributed by atoms with Crippen LogP contribution in [-0.4, -0.2) is 30.4 Å². The molecule has 8 heteroatoms. The van der Waals surface area contributed by atoms with Crippen molar-refractivity contribution in [1.82, 2.24) is 29.5 Å². The van der Waals surface area contributed by atoms with Gasteiger partial charge in [0.2, 0.25) is 0 Å². The third kappa shape index (κ3) is 5.03. The van der Waals surface area contributed by atoms with Crippen LogP contribution >= 0.6 is 23.1 Å². The molecule has 0 saturated heterocycles. The number of benzene rings is 1. The smallest absolute Gasteiger partial charge is 0.170 e. The zero-order valence-electron chi connectivity index (χ0n) is 19.3. The molecular formula is C25H28N6S2. The van der Waals surface area contributed by atoms with E-state index in [0.717, 1.165) is 40.7 Å². The summed E-state index contributed by atoms with van der Waals surface area (Å²) in [6.07, 6.45) is 9.91. The number of thioether (sulfide) groups is 1. The van der Waals surface area contributed by atoms with Crippen LogP contribution in [0.25, 0.3) is 27.5 Å². The number of nitrogens with zero attached hydrogens (tertiary/aromatic N) is 5. The summed E-state index contributed by atoms with van der Waals surface area (Å²) in [6.45, 7) is 5.63. The maximum absolute atomic E-state index is 4.94. The summed E-state index contributed by atoms with van der Waals surface area (Å²) >= 11 is 3.34. The summed E-state index contributed by atoms with van der Waals surface area (Å²) in [5.41, 5.74) is 6.42. The summed E-state index contributed by atoms with van der Waals surface area (Å²) in [5.74, 6) is 0. The summed E-state index contributed by atoms with van der Waals surface area (Å²) in [7, 11) is 1.92. The van der Waals surface area contributed by atoms with Crippen LogP contribution in [0, 0.1) is 0 Å². The van der Waals surface area contributed by atoms with E-state index in [-0.39, 0.29) is 0 Å². The largest absolute Gasteiger partial charge is 0.309 e. The highest BCUT2D eigenvalue weighted by molar-refractivity contribution is 7.98. The zero-order chi connectivity index (χ0) is 23.2. The van der Waals surface area contributed by atoms with Crippen LogP contribution in [0.5, 0.6) is 0 Å². The molecule has 1 aromatic carbocycles. The molecule has 5 rings (SSSR count). The van der Waals surface area contributed by atoms with Gasteiger partial charge in [-0.15, -0.1) is 23.1 Å². The van der Waals surface area contributed by atoms with Crippen molar-refractivity contribution in [2.24, 2.45) is 7.05 Å². The number of fused-ring (bicyclic) bond motifs is 1. The van der Waals surface area contributed by atoms with Crippen molar-refractivity contribution in [1.29, 1.82) is 0 Å². The van der Waals surface area contributed by atoms with Crippen LogP contribution < -0.4 is 5.32 Å². The van der Waals surface area contributed by atoms with E-state index in [1.807, 2.05) is 56.5 Å². The number of rotatable bonds is 7. The van der Waals surface area contributed by atoms with Crippen molar-refractivity contribution in [2.45, 2.75) is 32.0 Å². The van der Waals surface area contributed by atoms with Gasteiger partial charge in [0, 0.05) is 38.1 Å². The molecule has 0 fully saturated rings. The van der Waals surface area contributed by atoms with Gasteiger partial charge in [0.25, 0.3) is 0 Å². The Kier molecular flexibility index (Phi) is 7.59. The molecule has 0 unspecified atom stereocenters. The van der Waals surface area contributed by atoms with Crippen molar-refractivity contribution in [3.63, 3.8) is 0 Å². The Morgan fingerprint density at radius 2 is 1.85 bits per heavy atom. The quantitative estimate of drug-likeness (QED) is 0.297. The molecule has 1 N–H and O–H groups in total. The average Bonchev–Trinajstić information content (AvgIpc) is 3.60. The first kappa shape index (κ1) is 23.2. The molecule has 0 bridgehead atoms. The topological polar surface area (TPSA) is 60.0 Å². The lowest BCUT2D eigenvalue weighted by Gasteiger charge is -2.09. The molecule has 0 saturated carbocycles. The van der Waals surface area contributed by atoms with Crippen molar-refractivity contribution in [2.75, 3.05) is 6.26 Å². The minimum absolute atomic E-state index is 0.793. The summed E-state index contributed by atoms with van der Waals surface area (Å²) in [5, 5.41) is 10.9. The second-order valence-electron chi connectivity index (χ2n) is 7.24. The molecular weight excluding hydrogens is 448 g/mol. The molecule has 0 aliphatic rings. The standard InChI is InChI=1S/C23H22N6S2.C2H6/c1-28-14-18(12-26-28)20-13-25-22-23(30-2)27-19(15-29(20)22)21-17(8-9-31-21)11-24-10-16-6-4-3-5-7-16;1-2/h3-9,12-15,24H,10-11H2,1-2H3;1-2H3. The van der Waals surface area contributed by atoms with Crippen LogP contribution in [0.1, 0.15) is 25.0 Å². The Bertz CT molecular complexity index is 1320. The predicted octanol–water partition coefficient (Wildman–Crippen LogP) is 5.90. The summed E-state index contributed by atoms with van der Waals surface area (Å²) in [6, 6.07) is 12.6. The fourth-order valence-electron chi connectivity index (χ4n) is 3.61. The van der Waals surface area contributed by atoms with Crippen molar-refractivity contribution in [3.05, 3.63) is 77.7 Å². The highest BCUT2D eigenvalue weighted by Crippen LogP contribution is 2.33. The molecule has 0 spiro atoms. The van der Waals surface area contributed by atoms with Crippen LogP contribution in [0.4, 0.5) is 0 Å². The Hall–Kier alpha value is -2.94. The van der Waals surface area contributed by atoms with E-state index in [1.54, 1.807) is 23.1 Å². The second-order valence-corrected chi connectivity index (χ2v) is 8.95. The van der Waals surface area contributed by atoms with Gasteiger partial charge in [0.15, 0.2) is 5.65 Å². The van der Waals surface area contributed by atoms with Gasteiger partial charge in [-0.3, -0.25) is 9.08 Å². The number of hydrogen-bond donors (Lipinski definition) is 1. The van der Waals surface area contributed by atoms with Crippen molar-refractivity contribution >= 4 is 28.7 Å². The number of thiophene rings is 1. The van der Waals surface area contributed by atoms with Gasteiger partial charge in [0.1, 0.15) is 5.03 Å². The fraction of sp³-hybridized carbons (Fsp3) is 0.240. The Morgan fingerprint density at radius 1 is 1.03 bits per heavy atom. The molecule has 4 heterocycles. The molecule has 170 valence electrons. The van der Waals surface area contributed by atoms with Gasteiger partial charge in [-0.1, -0.05) is 44.2 Å². The van der Waals surface area contributed by atoms with Gasteiger partial charge in [0.05, 0.1) is 28.7 Å². The molecule has 4 aromatic heterocycles. The normalized spacial score (nSPS) is 10.9. The van der Waals surface area contributed by atoms with E-state index in [4.69, 9.17) is 4.98 Å².